The molecule has 0 amide bonds. The summed E-state index contributed by atoms with van der Waals surface area (Å²) in [5, 5.41) is 0. The number of hydrogen-bond acceptors (Lipinski definition) is 5. The highest BCUT2D eigenvalue weighted by atomic mass is 35.5. The lowest BCUT2D eigenvalue weighted by molar-refractivity contribution is 0.129. The zero-order valence-corrected chi connectivity index (χ0v) is 13.7. The molecule has 0 atom stereocenters. The lowest BCUT2D eigenvalue weighted by atomic mass is 10.1. The van der Waals surface area contributed by atoms with E-state index in [0.717, 1.165) is 57.3 Å². The van der Waals surface area contributed by atoms with Crippen molar-refractivity contribution in [2.45, 2.75) is 6.54 Å². The average molecular weight is 316 g/mol. The van der Waals surface area contributed by atoms with E-state index in [2.05, 4.69) is 21.9 Å². The van der Waals surface area contributed by atoms with Crippen LogP contribution in [0.5, 0.6) is 11.5 Å². The Bertz CT molecular complexity index is 401. The molecule has 1 fully saturated rings. The molecular formula is C15H26ClN3O2. The van der Waals surface area contributed by atoms with Gasteiger partial charge in [-0.1, -0.05) is 0 Å². The normalized spacial score (nSPS) is 16.3. The summed E-state index contributed by atoms with van der Waals surface area (Å²) in [4.78, 5) is 4.88. The average Bonchev–Trinajstić information content (AvgIpc) is 2.49. The van der Waals surface area contributed by atoms with Gasteiger partial charge in [0.1, 0.15) is 11.5 Å². The predicted molar refractivity (Wildman–Crippen MR) is 87.6 cm³/mol. The molecule has 1 aromatic rings. The molecule has 21 heavy (non-hydrogen) atoms. The first-order valence-corrected chi connectivity index (χ1v) is 7.12. The summed E-state index contributed by atoms with van der Waals surface area (Å²) in [6.45, 7) is 7.04. The second-order valence-electron chi connectivity index (χ2n) is 5.13. The van der Waals surface area contributed by atoms with Crippen LogP contribution >= 0.6 is 12.4 Å². The van der Waals surface area contributed by atoms with Crippen molar-refractivity contribution in [3.8, 4) is 11.5 Å². The Morgan fingerprint density at radius 2 is 1.48 bits per heavy atom. The van der Waals surface area contributed by atoms with Gasteiger partial charge >= 0.3 is 0 Å². The standard InChI is InChI=1S/C15H25N3O2.ClH/c1-19-14-9-13(10-15(11-14)20-2)12-18-7-5-17(4-3-16)6-8-18;/h9-11H,3-8,12,16H2,1-2H3;1H. The summed E-state index contributed by atoms with van der Waals surface area (Å²) in [6, 6.07) is 6.06. The lowest BCUT2D eigenvalue weighted by Gasteiger charge is -2.34. The van der Waals surface area contributed by atoms with Crippen molar-refractivity contribution in [1.29, 1.82) is 0 Å². The van der Waals surface area contributed by atoms with E-state index < -0.39 is 0 Å². The predicted octanol–water partition coefficient (Wildman–Crippen LogP) is 1.20. The van der Waals surface area contributed by atoms with Gasteiger partial charge in [-0.05, 0) is 17.7 Å². The topological polar surface area (TPSA) is 51.0 Å². The molecule has 120 valence electrons. The van der Waals surface area contributed by atoms with Gasteiger partial charge in [-0.3, -0.25) is 9.80 Å². The van der Waals surface area contributed by atoms with Gasteiger partial charge in [0.25, 0.3) is 0 Å². The molecule has 1 aliphatic rings. The highest BCUT2D eigenvalue weighted by Crippen LogP contribution is 2.23. The number of halogens is 1. The van der Waals surface area contributed by atoms with Gasteiger partial charge < -0.3 is 15.2 Å². The molecule has 0 saturated carbocycles. The fourth-order valence-electron chi connectivity index (χ4n) is 2.57. The molecule has 6 heteroatoms. The van der Waals surface area contributed by atoms with Gasteiger partial charge in [0.05, 0.1) is 14.2 Å². The summed E-state index contributed by atoms with van der Waals surface area (Å²) < 4.78 is 10.6. The van der Waals surface area contributed by atoms with Crippen molar-refractivity contribution in [3.63, 3.8) is 0 Å². The highest BCUT2D eigenvalue weighted by Gasteiger charge is 2.16. The SMILES string of the molecule is COc1cc(CN2CCN(CCN)CC2)cc(OC)c1.Cl. The smallest absolute Gasteiger partial charge is 0.122 e. The maximum Gasteiger partial charge on any atom is 0.122 e. The van der Waals surface area contributed by atoms with E-state index in [0.29, 0.717) is 0 Å². The first-order chi connectivity index (χ1) is 9.75. The molecule has 1 saturated heterocycles. The number of methoxy groups -OCH3 is 2. The van der Waals surface area contributed by atoms with Crippen molar-refractivity contribution in [2.24, 2.45) is 5.73 Å². The van der Waals surface area contributed by atoms with Crippen LogP contribution in [0, 0.1) is 0 Å². The first kappa shape index (κ1) is 18.0. The van der Waals surface area contributed by atoms with Crippen molar-refractivity contribution in [1.82, 2.24) is 9.80 Å². The number of nitrogens with two attached hydrogens (primary N) is 1. The van der Waals surface area contributed by atoms with Crippen LogP contribution in [0.15, 0.2) is 18.2 Å². The fourth-order valence-corrected chi connectivity index (χ4v) is 2.57. The van der Waals surface area contributed by atoms with Gasteiger partial charge in [-0.15, -0.1) is 12.4 Å². The Kier molecular flexibility index (Phi) is 7.82. The van der Waals surface area contributed by atoms with Crippen LogP contribution in [-0.2, 0) is 6.54 Å². The third-order valence-corrected chi connectivity index (χ3v) is 3.73. The van der Waals surface area contributed by atoms with Gasteiger partial charge in [0.2, 0.25) is 0 Å². The Labute approximate surface area is 133 Å². The summed E-state index contributed by atoms with van der Waals surface area (Å²) >= 11 is 0. The van der Waals surface area contributed by atoms with Gasteiger partial charge in [0.15, 0.2) is 0 Å². The van der Waals surface area contributed by atoms with E-state index in [4.69, 9.17) is 15.2 Å². The highest BCUT2D eigenvalue weighted by molar-refractivity contribution is 5.85. The molecule has 1 aliphatic heterocycles. The van der Waals surface area contributed by atoms with Crippen molar-refractivity contribution < 1.29 is 9.47 Å². The Balaban J connectivity index is 0.00000220. The Hall–Kier alpha value is -1.01. The molecule has 0 aromatic heterocycles. The van der Waals surface area contributed by atoms with E-state index in [1.54, 1.807) is 14.2 Å². The zero-order valence-electron chi connectivity index (χ0n) is 12.9. The second-order valence-corrected chi connectivity index (χ2v) is 5.13. The maximum absolute atomic E-state index is 5.60. The van der Waals surface area contributed by atoms with Crippen LogP contribution in [0.1, 0.15) is 5.56 Å². The third kappa shape index (κ3) is 5.36. The Morgan fingerprint density at radius 1 is 0.952 bits per heavy atom. The fraction of sp³-hybridized carbons (Fsp3) is 0.600. The number of hydrogen-bond donors (Lipinski definition) is 1. The largest absolute Gasteiger partial charge is 0.497 e. The summed E-state index contributed by atoms with van der Waals surface area (Å²) in [7, 11) is 3.37. The van der Waals surface area contributed by atoms with E-state index in [-0.39, 0.29) is 12.4 Å². The maximum atomic E-state index is 5.60. The number of ether oxygens (including phenoxy) is 2. The van der Waals surface area contributed by atoms with Crippen LogP contribution in [0.3, 0.4) is 0 Å². The third-order valence-electron chi connectivity index (χ3n) is 3.73. The molecule has 0 spiro atoms. The number of benzene rings is 1. The van der Waals surface area contributed by atoms with Crippen LogP contribution in [0.25, 0.3) is 0 Å². The molecule has 0 bridgehead atoms. The zero-order chi connectivity index (χ0) is 14.4. The van der Waals surface area contributed by atoms with Crippen LogP contribution in [-0.4, -0.2) is 63.3 Å². The Morgan fingerprint density at radius 3 is 1.95 bits per heavy atom. The minimum Gasteiger partial charge on any atom is -0.497 e. The van der Waals surface area contributed by atoms with Crippen molar-refractivity contribution >= 4 is 12.4 Å². The minimum atomic E-state index is 0. The number of piperazine rings is 1. The first-order valence-electron chi connectivity index (χ1n) is 7.12. The quantitative estimate of drug-likeness (QED) is 0.855. The van der Waals surface area contributed by atoms with E-state index in [1.165, 1.54) is 5.56 Å². The van der Waals surface area contributed by atoms with Crippen LogP contribution in [0.2, 0.25) is 0 Å². The molecule has 5 nitrogen and oxygen atoms in total. The second kappa shape index (κ2) is 9.10. The molecule has 1 aromatic carbocycles. The van der Waals surface area contributed by atoms with Crippen molar-refractivity contribution in [3.05, 3.63) is 23.8 Å². The van der Waals surface area contributed by atoms with Crippen LogP contribution < -0.4 is 15.2 Å². The van der Waals surface area contributed by atoms with Crippen LogP contribution in [0.4, 0.5) is 0 Å². The summed E-state index contributed by atoms with van der Waals surface area (Å²) in [5.41, 5.74) is 6.83. The van der Waals surface area contributed by atoms with Gasteiger partial charge in [-0.2, -0.15) is 0 Å². The molecule has 0 unspecified atom stereocenters. The van der Waals surface area contributed by atoms with E-state index in [1.807, 2.05) is 6.07 Å². The van der Waals surface area contributed by atoms with Crippen molar-refractivity contribution in [2.75, 3.05) is 53.5 Å². The lowest BCUT2D eigenvalue weighted by Crippen LogP contribution is -2.47. The van der Waals surface area contributed by atoms with E-state index >= 15 is 0 Å². The summed E-state index contributed by atoms with van der Waals surface area (Å²) in [5.74, 6) is 1.70. The monoisotopic (exact) mass is 315 g/mol. The van der Waals surface area contributed by atoms with Gasteiger partial charge in [-0.25, -0.2) is 0 Å². The molecular weight excluding hydrogens is 290 g/mol. The van der Waals surface area contributed by atoms with Gasteiger partial charge in [0, 0.05) is 51.9 Å². The molecule has 1 heterocycles. The molecule has 0 aliphatic carbocycles. The molecule has 2 rings (SSSR count). The number of nitrogens with zero attached hydrogens (tertiary/aromatic N) is 2. The molecule has 2 N–H and O–H groups in total. The molecule has 0 radical (unpaired) electrons. The van der Waals surface area contributed by atoms with E-state index in [9.17, 15) is 0 Å². The number of rotatable bonds is 6. The minimum absolute atomic E-state index is 0. The summed E-state index contributed by atoms with van der Waals surface area (Å²) in [6.07, 6.45) is 0.